The molecule has 0 fully saturated rings. The maximum Gasteiger partial charge on any atom is 0.210 e. The summed E-state index contributed by atoms with van der Waals surface area (Å²) in [5.41, 5.74) is 3.93. The molecule has 1 aromatic carbocycles. The van der Waals surface area contributed by atoms with Crippen LogP contribution < -0.4 is 5.32 Å². The number of aryl methyl sites for hydroxylation is 1. The van der Waals surface area contributed by atoms with Gasteiger partial charge in [0.25, 0.3) is 0 Å². The molecule has 8 heteroatoms. The van der Waals surface area contributed by atoms with E-state index in [9.17, 15) is 0 Å². The van der Waals surface area contributed by atoms with Crippen LogP contribution in [0, 0.1) is 6.92 Å². The van der Waals surface area contributed by atoms with Crippen molar-refractivity contribution in [3.8, 4) is 0 Å². The lowest BCUT2D eigenvalue weighted by Gasteiger charge is -2.03. The molecule has 0 saturated carbocycles. The van der Waals surface area contributed by atoms with Gasteiger partial charge in [0, 0.05) is 28.9 Å². The summed E-state index contributed by atoms with van der Waals surface area (Å²) in [5.74, 6) is 0.757. The van der Waals surface area contributed by atoms with Crippen molar-refractivity contribution in [3.63, 3.8) is 0 Å². The van der Waals surface area contributed by atoms with Crippen molar-refractivity contribution in [3.05, 3.63) is 65.1 Å². The van der Waals surface area contributed by atoms with Crippen molar-refractivity contribution in [2.75, 3.05) is 5.32 Å². The molecule has 0 amide bonds. The Morgan fingerprint density at radius 3 is 3.00 bits per heavy atom. The van der Waals surface area contributed by atoms with E-state index < -0.39 is 0 Å². The van der Waals surface area contributed by atoms with Gasteiger partial charge in [-0.15, -0.1) is 10.2 Å². The minimum Gasteiger partial charge on any atom is -0.330 e. The standard InChI is InChI=1S/C17H14ClN5S2/c1-11-5-6-12(8-14(11)18)20-16-21-22-17(25-16)24-10-13-9-23-7-3-2-4-15(23)19-13/h2-9H,10H2,1H3,(H,20,21). The summed E-state index contributed by atoms with van der Waals surface area (Å²) in [5, 5.41) is 13.1. The predicted octanol–water partition coefficient (Wildman–Crippen LogP) is 5.18. The highest BCUT2D eigenvalue weighted by molar-refractivity contribution is 8.00. The number of fused-ring (bicyclic) bond motifs is 1. The molecule has 3 heterocycles. The average Bonchev–Trinajstić information content (AvgIpc) is 3.22. The number of benzene rings is 1. The molecule has 5 nitrogen and oxygen atoms in total. The highest BCUT2D eigenvalue weighted by Gasteiger charge is 2.08. The first kappa shape index (κ1) is 16.4. The zero-order valence-electron chi connectivity index (χ0n) is 13.3. The second-order valence-corrected chi connectivity index (χ2v) is 8.06. The van der Waals surface area contributed by atoms with Gasteiger partial charge in [0.1, 0.15) is 5.65 Å². The van der Waals surface area contributed by atoms with Gasteiger partial charge in [0.15, 0.2) is 4.34 Å². The van der Waals surface area contributed by atoms with E-state index in [2.05, 4.69) is 20.5 Å². The third kappa shape index (κ3) is 3.78. The largest absolute Gasteiger partial charge is 0.330 e. The Hall–Kier alpha value is -2.09. The fourth-order valence-corrected chi connectivity index (χ4v) is 4.14. The first-order valence-electron chi connectivity index (χ1n) is 7.59. The summed E-state index contributed by atoms with van der Waals surface area (Å²) in [6.07, 6.45) is 4.03. The maximum atomic E-state index is 6.15. The minimum atomic E-state index is 0.732. The number of nitrogens with one attached hydrogen (secondary N) is 1. The van der Waals surface area contributed by atoms with Gasteiger partial charge >= 0.3 is 0 Å². The van der Waals surface area contributed by atoms with Crippen molar-refractivity contribution in [2.24, 2.45) is 0 Å². The molecule has 0 aliphatic rings. The van der Waals surface area contributed by atoms with Gasteiger partial charge in [-0.2, -0.15) is 0 Å². The number of pyridine rings is 1. The molecule has 0 radical (unpaired) electrons. The van der Waals surface area contributed by atoms with E-state index in [0.717, 1.165) is 42.8 Å². The first-order valence-corrected chi connectivity index (χ1v) is 9.77. The molecule has 1 N–H and O–H groups in total. The lowest BCUT2D eigenvalue weighted by atomic mass is 10.2. The highest BCUT2D eigenvalue weighted by Crippen LogP contribution is 2.30. The smallest absolute Gasteiger partial charge is 0.210 e. The van der Waals surface area contributed by atoms with Crippen molar-refractivity contribution >= 4 is 51.2 Å². The van der Waals surface area contributed by atoms with Crippen LogP contribution in [0.3, 0.4) is 0 Å². The molecule has 4 aromatic rings. The Labute approximate surface area is 158 Å². The summed E-state index contributed by atoms with van der Waals surface area (Å²) in [7, 11) is 0. The first-order chi connectivity index (χ1) is 12.2. The molecular formula is C17H14ClN5S2. The van der Waals surface area contributed by atoms with E-state index >= 15 is 0 Å². The van der Waals surface area contributed by atoms with Crippen LogP contribution in [-0.2, 0) is 5.75 Å². The van der Waals surface area contributed by atoms with Crippen LogP contribution >= 0.6 is 34.7 Å². The van der Waals surface area contributed by atoms with E-state index in [0.29, 0.717) is 0 Å². The molecule has 0 bridgehead atoms. The molecule has 0 saturated heterocycles. The molecule has 3 aromatic heterocycles. The number of rotatable bonds is 5. The summed E-state index contributed by atoms with van der Waals surface area (Å²) >= 11 is 9.30. The van der Waals surface area contributed by atoms with Gasteiger partial charge in [-0.1, -0.05) is 46.8 Å². The third-order valence-corrected chi connectivity index (χ3v) is 6.00. The molecule has 0 aliphatic carbocycles. The summed E-state index contributed by atoms with van der Waals surface area (Å²) in [6.45, 7) is 1.98. The van der Waals surface area contributed by atoms with E-state index in [1.165, 1.54) is 11.3 Å². The molecule has 0 spiro atoms. The van der Waals surface area contributed by atoms with Crippen LogP contribution in [0.1, 0.15) is 11.3 Å². The maximum absolute atomic E-state index is 6.15. The summed E-state index contributed by atoms with van der Waals surface area (Å²) < 4.78 is 2.92. The normalized spacial score (nSPS) is 11.1. The van der Waals surface area contributed by atoms with Crippen LogP contribution in [0.15, 0.2) is 53.1 Å². The van der Waals surface area contributed by atoms with Gasteiger partial charge in [-0.05, 0) is 36.8 Å². The van der Waals surface area contributed by atoms with E-state index in [1.54, 1.807) is 11.8 Å². The van der Waals surface area contributed by atoms with Crippen LogP contribution in [0.2, 0.25) is 5.02 Å². The number of thioether (sulfide) groups is 1. The van der Waals surface area contributed by atoms with Crippen LogP contribution in [0.5, 0.6) is 0 Å². The number of hydrogen-bond acceptors (Lipinski definition) is 6. The molecule has 0 aliphatic heterocycles. The summed E-state index contributed by atoms with van der Waals surface area (Å²) in [4.78, 5) is 4.59. The lowest BCUT2D eigenvalue weighted by Crippen LogP contribution is -1.89. The number of imidazole rings is 1. The van der Waals surface area contributed by atoms with Crippen molar-refractivity contribution in [2.45, 2.75) is 17.0 Å². The zero-order chi connectivity index (χ0) is 17.2. The number of hydrogen-bond donors (Lipinski definition) is 1. The topological polar surface area (TPSA) is 55.1 Å². The fraction of sp³-hybridized carbons (Fsp3) is 0.118. The lowest BCUT2D eigenvalue weighted by molar-refractivity contribution is 1.01. The highest BCUT2D eigenvalue weighted by atomic mass is 35.5. The molecule has 0 unspecified atom stereocenters. The summed E-state index contributed by atoms with van der Waals surface area (Å²) in [6, 6.07) is 11.8. The van der Waals surface area contributed by atoms with Gasteiger partial charge in [0.2, 0.25) is 5.13 Å². The molecule has 0 atom stereocenters. The van der Waals surface area contributed by atoms with Crippen LogP contribution in [0.4, 0.5) is 10.8 Å². The molecular weight excluding hydrogens is 374 g/mol. The number of halogens is 1. The van der Waals surface area contributed by atoms with Gasteiger partial charge < -0.3 is 9.72 Å². The monoisotopic (exact) mass is 387 g/mol. The van der Waals surface area contributed by atoms with Crippen LogP contribution in [0.25, 0.3) is 5.65 Å². The quantitative estimate of drug-likeness (QED) is 0.478. The van der Waals surface area contributed by atoms with Gasteiger partial charge in [-0.3, -0.25) is 0 Å². The second-order valence-electron chi connectivity index (χ2n) is 5.45. The van der Waals surface area contributed by atoms with Crippen molar-refractivity contribution in [1.29, 1.82) is 0 Å². The van der Waals surface area contributed by atoms with Crippen molar-refractivity contribution in [1.82, 2.24) is 19.6 Å². The Bertz CT molecular complexity index is 994. The third-order valence-electron chi connectivity index (χ3n) is 3.59. The number of aromatic nitrogens is 4. The van der Waals surface area contributed by atoms with Crippen molar-refractivity contribution < 1.29 is 0 Å². The number of nitrogens with zero attached hydrogens (tertiary/aromatic N) is 4. The van der Waals surface area contributed by atoms with E-state index in [4.69, 9.17) is 11.6 Å². The Morgan fingerprint density at radius 2 is 2.16 bits per heavy atom. The Balaban J connectivity index is 1.41. The Morgan fingerprint density at radius 1 is 1.24 bits per heavy atom. The second kappa shape index (κ2) is 7.03. The SMILES string of the molecule is Cc1ccc(Nc2nnc(SCc3cn4ccccc4n3)s2)cc1Cl. The van der Waals surface area contributed by atoms with E-state index in [-0.39, 0.29) is 0 Å². The molecule has 4 rings (SSSR count). The fourth-order valence-electron chi connectivity index (χ4n) is 2.31. The Kier molecular flexibility index (Phi) is 4.61. The number of anilines is 2. The molecule has 126 valence electrons. The minimum absolute atomic E-state index is 0.732. The van der Waals surface area contributed by atoms with E-state index in [1.807, 2.05) is 60.1 Å². The molecule has 25 heavy (non-hydrogen) atoms. The van der Waals surface area contributed by atoms with Gasteiger partial charge in [0.05, 0.1) is 5.69 Å². The van der Waals surface area contributed by atoms with Crippen LogP contribution in [-0.4, -0.2) is 19.6 Å². The van der Waals surface area contributed by atoms with Gasteiger partial charge in [-0.25, -0.2) is 4.98 Å². The predicted molar refractivity (Wildman–Crippen MR) is 104 cm³/mol. The zero-order valence-corrected chi connectivity index (χ0v) is 15.7. The average molecular weight is 388 g/mol.